The van der Waals surface area contributed by atoms with Crippen LogP contribution in [-0.2, 0) is 17.6 Å². The standard InChI is InChI=1S/C18H15N3O4/c22-16(19-14-9-5-4-8-13(14)18(23)24)11-15-20-17(25-21-15)10-12-6-2-1-3-7-12/h1-9H,10-11H2,(H,19,22)(H,23,24). The molecule has 0 radical (unpaired) electrons. The molecule has 7 heteroatoms. The monoisotopic (exact) mass is 337 g/mol. The molecule has 0 unspecified atom stereocenters. The van der Waals surface area contributed by atoms with Gasteiger partial charge in [0.15, 0.2) is 5.82 Å². The summed E-state index contributed by atoms with van der Waals surface area (Å²) >= 11 is 0. The molecule has 0 spiro atoms. The minimum absolute atomic E-state index is 0.0220. The van der Waals surface area contributed by atoms with Crippen LogP contribution in [0.2, 0.25) is 0 Å². The van der Waals surface area contributed by atoms with Gasteiger partial charge in [-0.05, 0) is 17.7 Å². The van der Waals surface area contributed by atoms with Crippen LogP contribution in [0.5, 0.6) is 0 Å². The molecule has 0 saturated carbocycles. The fraction of sp³-hybridized carbons (Fsp3) is 0.111. The number of carbonyl (C=O) groups excluding carboxylic acids is 1. The second kappa shape index (κ2) is 7.39. The van der Waals surface area contributed by atoms with E-state index in [4.69, 9.17) is 9.63 Å². The van der Waals surface area contributed by atoms with E-state index in [0.717, 1.165) is 5.56 Å². The molecule has 2 aromatic carbocycles. The Labute approximate surface area is 143 Å². The van der Waals surface area contributed by atoms with Gasteiger partial charge in [-0.2, -0.15) is 4.98 Å². The Morgan fingerprint density at radius 3 is 2.52 bits per heavy atom. The molecule has 0 atom stereocenters. The normalized spacial score (nSPS) is 10.4. The van der Waals surface area contributed by atoms with Crippen LogP contribution in [-0.4, -0.2) is 27.1 Å². The van der Waals surface area contributed by atoms with Crippen molar-refractivity contribution >= 4 is 17.6 Å². The fourth-order valence-electron chi connectivity index (χ4n) is 2.32. The summed E-state index contributed by atoms with van der Waals surface area (Å²) < 4.78 is 5.15. The number of aromatic carboxylic acids is 1. The van der Waals surface area contributed by atoms with Gasteiger partial charge in [0, 0.05) is 0 Å². The lowest BCUT2D eigenvalue weighted by Gasteiger charge is -2.06. The maximum atomic E-state index is 12.1. The number of nitrogens with one attached hydrogen (secondary N) is 1. The zero-order chi connectivity index (χ0) is 17.6. The number of hydrogen-bond donors (Lipinski definition) is 2. The van der Waals surface area contributed by atoms with Crippen LogP contribution in [0.15, 0.2) is 59.1 Å². The first-order chi connectivity index (χ1) is 12.1. The number of carboxylic acids is 1. The number of nitrogens with zero attached hydrogens (tertiary/aromatic N) is 2. The smallest absolute Gasteiger partial charge is 0.337 e. The van der Waals surface area contributed by atoms with Gasteiger partial charge in [0.2, 0.25) is 11.8 Å². The van der Waals surface area contributed by atoms with Crippen molar-refractivity contribution in [3.8, 4) is 0 Å². The van der Waals surface area contributed by atoms with Crippen molar-refractivity contribution in [2.75, 3.05) is 5.32 Å². The first kappa shape index (κ1) is 16.4. The maximum absolute atomic E-state index is 12.1. The summed E-state index contributed by atoms with van der Waals surface area (Å²) in [6, 6.07) is 15.8. The Bertz CT molecular complexity index is 890. The van der Waals surface area contributed by atoms with Crippen LogP contribution in [0, 0.1) is 0 Å². The molecule has 0 saturated heterocycles. The number of anilines is 1. The number of carbonyl (C=O) groups is 2. The Balaban J connectivity index is 1.63. The van der Waals surface area contributed by atoms with Crippen molar-refractivity contribution in [1.82, 2.24) is 10.1 Å². The van der Waals surface area contributed by atoms with Crippen LogP contribution in [0.3, 0.4) is 0 Å². The van der Waals surface area contributed by atoms with Crippen molar-refractivity contribution in [1.29, 1.82) is 0 Å². The molecule has 1 aromatic heterocycles. The van der Waals surface area contributed by atoms with Crippen LogP contribution < -0.4 is 5.32 Å². The summed E-state index contributed by atoms with van der Waals surface area (Å²) in [5.74, 6) is -0.863. The Hall–Kier alpha value is -3.48. The average Bonchev–Trinajstić information content (AvgIpc) is 3.02. The number of rotatable bonds is 6. The van der Waals surface area contributed by atoms with E-state index < -0.39 is 11.9 Å². The number of carboxylic acid groups (broad SMARTS) is 1. The van der Waals surface area contributed by atoms with E-state index in [2.05, 4.69) is 15.5 Å². The Morgan fingerprint density at radius 2 is 1.76 bits per heavy atom. The fourth-order valence-corrected chi connectivity index (χ4v) is 2.32. The molecule has 25 heavy (non-hydrogen) atoms. The highest BCUT2D eigenvalue weighted by Gasteiger charge is 2.15. The number of para-hydroxylation sites is 1. The van der Waals surface area contributed by atoms with Gasteiger partial charge in [0.25, 0.3) is 0 Å². The summed E-state index contributed by atoms with van der Waals surface area (Å²) in [7, 11) is 0. The highest BCUT2D eigenvalue weighted by molar-refractivity contribution is 6.00. The molecule has 0 aliphatic heterocycles. The van der Waals surface area contributed by atoms with Gasteiger partial charge in [-0.1, -0.05) is 47.6 Å². The molecular formula is C18H15N3O4. The van der Waals surface area contributed by atoms with Gasteiger partial charge in [-0.25, -0.2) is 4.79 Å². The van der Waals surface area contributed by atoms with Gasteiger partial charge in [0.05, 0.1) is 24.1 Å². The van der Waals surface area contributed by atoms with Gasteiger partial charge in [-0.15, -0.1) is 0 Å². The maximum Gasteiger partial charge on any atom is 0.337 e. The third-order valence-electron chi connectivity index (χ3n) is 3.46. The second-order valence-electron chi connectivity index (χ2n) is 5.34. The van der Waals surface area contributed by atoms with Gasteiger partial charge < -0.3 is 14.9 Å². The third kappa shape index (κ3) is 4.29. The molecule has 0 aliphatic rings. The van der Waals surface area contributed by atoms with Crippen molar-refractivity contribution in [3.63, 3.8) is 0 Å². The topological polar surface area (TPSA) is 105 Å². The van der Waals surface area contributed by atoms with Gasteiger partial charge >= 0.3 is 5.97 Å². The molecular weight excluding hydrogens is 322 g/mol. The van der Waals surface area contributed by atoms with Crippen LogP contribution in [0.1, 0.15) is 27.6 Å². The van der Waals surface area contributed by atoms with Crippen LogP contribution >= 0.6 is 0 Å². The van der Waals surface area contributed by atoms with Crippen molar-refractivity contribution < 1.29 is 19.2 Å². The molecule has 0 fully saturated rings. The second-order valence-corrected chi connectivity index (χ2v) is 5.34. The minimum atomic E-state index is -1.11. The largest absolute Gasteiger partial charge is 0.478 e. The number of amides is 1. The quantitative estimate of drug-likeness (QED) is 0.716. The SMILES string of the molecule is O=C(Cc1noc(Cc2ccccc2)n1)Nc1ccccc1C(=O)O. The summed E-state index contributed by atoms with van der Waals surface area (Å²) in [5.41, 5.74) is 1.28. The number of benzene rings is 2. The predicted octanol–water partition coefficient (Wildman–Crippen LogP) is 2.54. The molecule has 7 nitrogen and oxygen atoms in total. The molecule has 3 aromatic rings. The molecule has 3 rings (SSSR count). The lowest BCUT2D eigenvalue weighted by atomic mass is 10.1. The average molecular weight is 337 g/mol. The molecule has 2 N–H and O–H groups in total. The van der Waals surface area contributed by atoms with E-state index in [1.165, 1.54) is 12.1 Å². The van der Waals surface area contributed by atoms with Gasteiger partial charge in [0.1, 0.15) is 0 Å². The van der Waals surface area contributed by atoms with E-state index in [0.29, 0.717) is 12.3 Å². The Morgan fingerprint density at radius 1 is 1.04 bits per heavy atom. The van der Waals surface area contributed by atoms with Crippen molar-refractivity contribution in [3.05, 3.63) is 77.4 Å². The highest BCUT2D eigenvalue weighted by atomic mass is 16.5. The molecule has 1 heterocycles. The highest BCUT2D eigenvalue weighted by Crippen LogP contribution is 2.15. The van der Waals surface area contributed by atoms with Crippen LogP contribution in [0.4, 0.5) is 5.69 Å². The molecule has 1 amide bonds. The zero-order valence-corrected chi connectivity index (χ0v) is 13.2. The van der Waals surface area contributed by atoms with E-state index >= 15 is 0 Å². The first-order valence-corrected chi connectivity index (χ1v) is 7.59. The third-order valence-corrected chi connectivity index (χ3v) is 3.46. The van der Waals surface area contributed by atoms with E-state index in [1.54, 1.807) is 12.1 Å². The van der Waals surface area contributed by atoms with Crippen LogP contribution in [0.25, 0.3) is 0 Å². The first-order valence-electron chi connectivity index (χ1n) is 7.59. The van der Waals surface area contributed by atoms with Crippen molar-refractivity contribution in [2.24, 2.45) is 0 Å². The number of aromatic nitrogens is 2. The van der Waals surface area contributed by atoms with E-state index in [-0.39, 0.29) is 23.5 Å². The zero-order valence-electron chi connectivity index (χ0n) is 13.2. The van der Waals surface area contributed by atoms with Gasteiger partial charge in [-0.3, -0.25) is 4.79 Å². The minimum Gasteiger partial charge on any atom is -0.478 e. The Kier molecular flexibility index (Phi) is 4.84. The van der Waals surface area contributed by atoms with E-state index in [9.17, 15) is 9.59 Å². The summed E-state index contributed by atoms with van der Waals surface area (Å²) in [6.07, 6.45) is 0.379. The van der Waals surface area contributed by atoms with E-state index in [1.807, 2.05) is 30.3 Å². The molecule has 0 aliphatic carbocycles. The summed E-state index contributed by atoms with van der Waals surface area (Å²) in [5, 5.41) is 15.5. The summed E-state index contributed by atoms with van der Waals surface area (Å²) in [4.78, 5) is 27.4. The lowest BCUT2D eigenvalue weighted by molar-refractivity contribution is -0.115. The number of hydrogen-bond acceptors (Lipinski definition) is 5. The molecule has 126 valence electrons. The van der Waals surface area contributed by atoms with Crippen molar-refractivity contribution in [2.45, 2.75) is 12.8 Å². The molecule has 0 bridgehead atoms. The predicted molar refractivity (Wildman–Crippen MR) is 89.3 cm³/mol. The summed E-state index contributed by atoms with van der Waals surface area (Å²) in [6.45, 7) is 0. The lowest BCUT2D eigenvalue weighted by Crippen LogP contribution is -2.17.